The van der Waals surface area contributed by atoms with E-state index in [2.05, 4.69) is 24.0 Å². The molecule has 1 aliphatic rings. The number of rotatable bonds is 4. The van der Waals surface area contributed by atoms with Crippen molar-refractivity contribution in [1.82, 2.24) is 5.48 Å². The number of allylic oxidation sites excluding steroid dienone is 2. The van der Waals surface area contributed by atoms with Gasteiger partial charge in [-0.1, -0.05) is 19.6 Å². The van der Waals surface area contributed by atoms with Crippen molar-refractivity contribution in [2.24, 2.45) is 4.99 Å². The molecule has 0 aromatic carbocycles. The Labute approximate surface area is 84.8 Å². The molecule has 1 atom stereocenters. The molecular formula is C11H16N2O. The second kappa shape index (κ2) is 5.40. The highest BCUT2D eigenvalue weighted by Crippen LogP contribution is 2.08. The van der Waals surface area contributed by atoms with Gasteiger partial charge >= 0.3 is 0 Å². The maximum atomic E-state index is 4.86. The van der Waals surface area contributed by atoms with Crippen LogP contribution in [0, 0.1) is 0 Å². The van der Waals surface area contributed by atoms with Crippen LogP contribution in [0.3, 0.4) is 0 Å². The Morgan fingerprint density at radius 3 is 3.00 bits per heavy atom. The van der Waals surface area contributed by atoms with E-state index in [1.165, 1.54) is 5.57 Å². The first kappa shape index (κ1) is 10.7. The van der Waals surface area contributed by atoms with Gasteiger partial charge < -0.3 is 4.84 Å². The van der Waals surface area contributed by atoms with Crippen LogP contribution in [-0.4, -0.2) is 12.3 Å². The van der Waals surface area contributed by atoms with E-state index in [0.717, 1.165) is 12.1 Å². The van der Waals surface area contributed by atoms with Crippen LogP contribution in [-0.2, 0) is 4.84 Å². The predicted molar refractivity (Wildman–Crippen MR) is 58.8 cm³/mol. The molecule has 0 saturated heterocycles. The van der Waals surface area contributed by atoms with E-state index in [4.69, 9.17) is 4.84 Å². The first-order valence-electron chi connectivity index (χ1n) is 4.73. The Morgan fingerprint density at radius 1 is 1.71 bits per heavy atom. The summed E-state index contributed by atoms with van der Waals surface area (Å²) >= 11 is 0. The summed E-state index contributed by atoms with van der Waals surface area (Å²) in [5.41, 5.74) is 4.73. The molecule has 3 heteroatoms. The van der Waals surface area contributed by atoms with Crippen molar-refractivity contribution in [1.29, 1.82) is 0 Å². The molecule has 0 fully saturated rings. The molecule has 0 aromatic heterocycles. The maximum absolute atomic E-state index is 4.86. The van der Waals surface area contributed by atoms with Gasteiger partial charge in [-0.15, -0.1) is 5.48 Å². The normalized spacial score (nSPS) is 21.6. The zero-order valence-corrected chi connectivity index (χ0v) is 8.66. The molecular weight excluding hydrogens is 176 g/mol. The standard InChI is InChI=1S/C11H16N2O/c1-4-10(5-2)8-12-9(3)11-6-7-14-13-11/h4,6-8,11,13H,3,5H2,1-2H3/b10-4-,12-8?. The van der Waals surface area contributed by atoms with Crippen LogP contribution < -0.4 is 5.48 Å². The third-order valence-electron chi connectivity index (χ3n) is 2.07. The Morgan fingerprint density at radius 2 is 2.50 bits per heavy atom. The minimum absolute atomic E-state index is 0.00112. The van der Waals surface area contributed by atoms with E-state index in [1.807, 2.05) is 25.3 Å². The van der Waals surface area contributed by atoms with Crippen molar-refractivity contribution in [2.45, 2.75) is 26.3 Å². The van der Waals surface area contributed by atoms with Gasteiger partial charge in [0.25, 0.3) is 0 Å². The smallest absolute Gasteiger partial charge is 0.109 e. The Hall–Kier alpha value is -1.35. The van der Waals surface area contributed by atoms with E-state index in [9.17, 15) is 0 Å². The third-order valence-corrected chi connectivity index (χ3v) is 2.07. The lowest BCUT2D eigenvalue weighted by Gasteiger charge is -2.06. The van der Waals surface area contributed by atoms with Gasteiger partial charge in [-0.05, 0) is 25.0 Å². The van der Waals surface area contributed by atoms with Gasteiger partial charge in [0.05, 0.1) is 5.70 Å². The van der Waals surface area contributed by atoms with Crippen LogP contribution in [0.15, 0.2) is 41.3 Å². The summed E-state index contributed by atoms with van der Waals surface area (Å²) in [6, 6.07) is 0.00112. The Kier molecular flexibility index (Phi) is 4.13. The SMILES string of the molecule is C=C(N=C/C(=C\C)CC)C1C=CON1. The van der Waals surface area contributed by atoms with Crippen molar-refractivity contribution in [2.75, 3.05) is 0 Å². The molecule has 1 aliphatic heterocycles. The van der Waals surface area contributed by atoms with Gasteiger partial charge in [0.15, 0.2) is 0 Å². The lowest BCUT2D eigenvalue weighted by Crippen LogP contribution is -2.21. The van der Waals surface area contributed by atoms with Crippen molar-refractivity contribution in [3.8, 4) is 0 Å². The highest BCUT2D eigenvalue weighted by atomic mass is 16.6. The molecule has 0 radical (unpaired) electrons. The molecule has 0 aliphatic carbocycles. The molecule has 1 heterocycles. The quantitative estimate of drug-likeness (QED) is 0.694. The van der Waals surface area contributed by atoms with Gasteiger partial charge in [0.2, 0.25) is 0 Å². The highest BCUT2D eigenvalue weighted by molar-refractivity contribution is 5.79. The fourth-order valence-electron chi connectivity index (χ4n) is 1.06. The maximum Gasteiger partial charge on any atom is 0.109 e. The lowest BCUT2D eigenvalue weighted by molar-refractivity contribution is 0.150. The van der Waals surface area contributed by atoms with Crippen LogP contribution in [0.25, 0.3) is 0 Å². The van der Waals surface area contributed by atoms with Crippen molar-refractivity contribution in [3.63, 3.8) is 0 Å². The molecule has 0 bridgehead atoms. The minimum Gasteiger partial charge on any atom is -0.416 e. The van der Waals surface area contributed by atoms with Crippen LogP contribution in [0.4, 0.5) is 0 Å². The summed E-state index contributed by atoms with van der Waals surface area (Å²) in [6.07, 6.45) is 8.35. The highest BCUT2D eigenvalue weighted by Gasteiger charge is 2.11. The van der Waals surface area contributed by atoms with Gasteiger partial charge in [0.1, 0.15) is 12.3 Å². The van der Waals surface area contributed by atoms with E-state index >= 15 is 0 Å². The van der Waals surface area contributed by atoms with E-state index in [1.54, 1.807) is 6.26 Å². The van der Waals surface area contributed by atoms with Crippen LogP contribution >= 0.6 is 0 Å². The second-order valence-corrected chi connectivity index (χ2v) is 3.01. The topological polar surface area (TPSA) is 33.6 Å². The van der Waals surface area contributed by atoms with Crippen LogP contribution in [0.5, 0.6) is 0 Å². The number of hydrogen-bond donors (Lipinski definition) is 1. The van der Waals surface area contributed by atoms with Crippen molar-refractivity contribution in [3.05, 3.63) is 36.3 Å². The Balaban J connectivity index is 2.51. The first-order chi connectivity index (χ1) is 6.77. The summed E-state index contributed by atoms with van der Waals surface area (Å²) in [5, 5.41) is 0. The average Bonchev–Trinajstić information content (AvgIpc) is 2.72. The predicted octanol–water partition coefficient (Wildman–Crippen LogP) is 2.34. The zero-order valence-electron chi connectivity index (χ0n) is 8.66. The minimum atomic E-state index is 0.00112. The average molecular weight is 192 g/mol. The Bertz CT molecular complexity index is 290. The number of nitrogens with one attached hydrogen (secondary N) is 1. The summed E-state index contributed by atoms with van der Waals surface area (Å²) in [5.74, 6) is 0. The summed E-state index contributed by atoms with van der Waals surface area (Å²) < 4.78 is 0. The summed E-state index contributed by atoms with van der Waals surface area (Å²) in [7, 11) is 0. The van der Waals surface area contributed by atoms with Crippen LogP contribution in [0.2, 0.25) is 0 Å². The molecule has 14 heavy (non-hydrogen) atoms. The van der Waals surface area contributed by atoms with E-state index in [-0.39, 0.29) is 6.04 Å². The van der Waals surface area contributed by atoms with E-state index in [0.29, 0.717) is 0 Å². The number of hydrogen-bond acceptors (Lipinski definition) is 3. The molecule has 0 spiro atoms. The van der Waals surface area contributed by atoms with Crippen molar-refractivity contribution < 1.29 is 4.84 Å². The van der Waals surface area contributed by atoms with Crippen LogP contribution in [0.1, 0.15) is 20.3 Å². The molecule has 0 aromatic rings. The fourth-order valence-corrected chi connectivity index (χ4v) is 1.06. The third kappa shape index (κ3) is 2.85. The largest absolute Gasteiger partial charge is 0.416 e. The van der Waals surface area contributed by atoms with Gasteiger partial charge in [0, 0.05) is 6.21 Å². The van der Waals surface area contributed by atoms with Gasteiger partial charge in [-0.3, -0.25) is 4.99 Å². The summed E-state index contributed by atoms with van der Waals surface area (Å²) in [6.45, 7) is 7.96. The molecule has 1 rings (SSSR count). The second-order valence-electron chi connectivity index (χ2n) is 3.01. The van der Waals surface area contributed by atoms with Gasteiger partial charge in [-0.2, -0.15) is 0 Å². The molecule has 0 amide bonds. The summed E-state index contributed by atoms with van der Waals surface area (Å²) in [4.78, 5) is 9.12. The number of aliphatic imine (C=N–C) groups is 1. The monoisotopic (exact) mass is 192 g/mol. The number of hydroxylamine groups is 1. The molecule has 1 unspecified atom stereocenters. The lowest BCUT2D eigenvalue weighted by atomic mass is 10.2. The molecule has 0 saturated carbocycles. The van der Waals surface area contributed by atoms with Gasteiger partial charge in [-0.25, -0.2) is 0 Å². The first-order valence-corrected chi connectivity index (χ1v) is 4.73. The van der Waals surface area contributed by atoms with Crippen molar-refractivity contribution >= 4 is 6.21 Å². The zero-order chi connectivity index (χ0) is 10.4. The number of nitrogens with zero attached hydrogens (tertiary/aromatic N) is 1. The molecule has 3 nitrogen and oxygen atoms in total. The molecule has 1 N–H and O–H groups in total. The van der Waals surface area contributed by atoms with E-state index < -0.39 is 0 Å². The molecule has 76 valence electrons. The fraction of sp³-hybridized carbons (Fsp3) is 0.364.